The molecule has 1 aliphatic rings. The summed E-state index contributed by atoms with van der Waals surface area (Å²) in [5.41, 5.74) is 3.11. The van der Waals surface area contributed by atoms with Gasteiger partial charge < -0.3 is 10.1 Å². The van der Waals surface area contributed by atoms with E-state index in [2.05, 4.69) is 25.7 Å². The molecule has 0 radical (unpaired) electrons. The molecular formula is C22H25ClN6O2. The van der Waals surface area contributed by atoms with Gasteiger partial charge in [-0.25, -0.2) is 0 Å². The summed E-state index contributed by atoms with van der Waals surface area (Å²) in [6.45, 7) is 7.85. The molecule has 1 unspecified atom stereocenters. The molecule has 31 heavy (non-hydrogen) atoms. The van der Waals surface area contributed by atoms with E-state index in [1.54, 1.807) is 10.7 Å². The van der Waals surface area contributed by atoms with Crippen molar-refractivity contribution in [2.75, 3.05) is 32.8 Å². The standard InChI is InChI=1S/C22H25ClN6O2/c1-15(14-28-7-9-31-10-8-28)24-22(30)19-11-18(17-3-5-20(23)6-4-17)12-21(13-19)29-16(2)25-26-27-29/h3-6,11-13,15H,7-10,14H2,1-2H3,(H,24,30). The Morgan fingerprint density at radius 2 is 1.90 bits per heavy atom. The molecule has 2 aromatic carbocycles. The van der Waals surface area contributed by atoms with E-state index >= 15 is 0 Å². The number of carbonyl (C=O) groups is 1. The highest BCUT2D eigenvalue weighted by Gasteiger charge is 2.18. The lowest BCUT2D eigenvalue weighted by Gasteiger charge is -2.29. The molecule has 0 aliphatic carbocycles. The van der Waals surface area contributed by atoms with E-state index in [1.807, 2.05) is 50.2 Å². The first-order valence-electron chi connectivity index (χ1n) is 10.3. The lowest BCUT2D eigenvalue weighted by atomic mass is 10.0. The Morgan fingerprint density at radius 1 is 1.16 bits per heavy atom. The van der Waals surface area contributed by atoms with Crippen LogP contribution in [0.4, 0.5) is 0 Å². The van der Waals surface area contributed by atoms with Crippen LogP contribution in [0.5, 0.6) is 0 Å². The Balaban J connectivity index is 1.60. The third-order valence-electron chi connectivity index (χ3n) is 5.24. The third-order valence-corrected chi connectivity index (χ3v) is 5.49. The molecule has 1 fully saturated rings. The van der Waals surface area contributed by atoms with E-state index < -0.39 is 0 Å². The van der Waals surface area contributed by atoms with E-state index in [1.165, 1.54) is 0 Å². The van der Waals surface area contributed by atoms with Gasteiger partial charge in [-0.15, -0.1) is 5.10 Å². The van der Waals surface area contributed by atoms with Crippen LogP contribution in [-0.2, 0) is 4.74 Å². The molecule has 1 amide bonds. The number of nitrogens with zero attached hydrogens (tertiary/aromatic N) is 5. The predicted molar refractivity (Wildman–Crippen MR) is 119 cm³/mol. The van der Waals surface area contributed by atoms with Gasteiger partial charge in [-0.05, 0) is 65.7 Å². The molecule has 2 heterocycles. The van der Waals surface area contributed by atoms with Gasteiger partial charge in [-0.2, -0.15) is 4.68 Å². The van der Waals surface area contributed by atoms with Crippen LogP contribution < -0.4 is 5.32 Å². The number of morpholine rings is 1. The predicted octanol–water partition coefficient (Wildman–Crippen LogP) is 2.74. The molecule has 1 aromatic heterocycles. The second kappa shape index (κ2) is 9.55. The molecule has 162 valence electrons. The van der Waals surface area contributed by atoms with Crippen LogP contribution in [0.2, 0.25) is 5.02 Å². The molecule has 9 heteroatoms. The van der Waals surface area contributed by atoms with Gasteiger partial charge in [0.05, 0.1) is 18.9 Å². The molecule has 0 bridgehead atoms. The van der Waals surface area contributed by atoms with Crippen LogP contribution >= 0.6 is 11.6 Å². The molecule has 4 rings (SSSR count). The number of ether oxygens (including phenoxy) is 1. The van der Waals surface area contributed by atoms with Gasteiger partial charge in [-0.3, -0.25) is 9.69 Å². The summed E-state index contributed by atoms with van der Waals surface area (Å²) in [5.74, 6) is 0.504. The van der Waals surface area contributed by atoms with E-state index in [4.69, 9.17) is 16.3 Å². The van der Waals surface area contributed by atoms with E-state index in [-0.39, 0.29) is 11.9 Å². The zero-order valence-electron chi connectivity index (χ0n) is 17.6. The van der Waals surface area contributed by atoms with Crippen molar-refractivity contribution in [2.24, 2.45) is 0 Å². The molecule has 0 saturated carbocycles. The van der Waals surface area contributed by atoms with Crippen molar-refractivity contribution in [1.29, 1.82) is 0 Å². The number of rotatable bonds is 6. The van der Waals surface area contributed by atoms with Crippen molar-refractivity contribution in [3.05, 3.63) is 58.9 Å². The van der Waals surface area contributed by atoms with Crippen molar-refractivity contribution in [2.45, 2.75) is 19.9 Å². The van der Waals surface area contributed by atoms with Gasteiger partial charge in [0.15, 0.2) is 5.82 Å². The minimum Gasteiger partial charge on any atom is -0.379 e. The van der Waals surface area contributed by atoms with Crippen LogP contribution in [0.15, 0.2) is 42.5 Å². The fourth-order valence-electron chi connectivity index (χ4n) is 3.67. The maximum atomic E-state index is 13.1. The van der Waals surface area contributed by atoms with Gasteiger partial charge in [0.2, 0.25) is 0 Å². The monoisotopic (exact) mass is 440 g/mol. The highest BCUT2D eigenvalue weighted by atomic mass is 35.5. The minimum atomic E-state index is -0.136. The average molecular weight is 441 g/mol. The lowest BCUT2D eigenvalue weighted by Crippen LogP contribution is -2.46. The maximum Gasteiger partial charge on any atom is 0.251 e. The second-order valence-corrected chi connectivity index (χ2v) is 8.14. The average Bonchev–Trinajstić information content (AvgIpc) is 3.20. The van der Waals surface area contributed by atoms with E-state index in [0.29, 0.717) is 16.4 Å². The quantitative estimate of drug-likeness (QED) is 0.634. The molecule has 1 atom stereocenters. The number of halogens is 1. The summed E-state index contributed by atoms with van der Waals surface area (Å²) in [6, 6.07) is 13.2. The SMILES string of the molecule is Cc1nnnn1-c1cc(C(=O)NC(C)CN2CCOCC2)cc(-c2ccc(Cl)cc2)c1. The number of aromatic nitrogens is 4. The lowest BCUT2D eigenvalue weighted by molar-refractivity contribution is 0.0342. The summed E-state index contributed by atoms with van der Waals surface area (Å²) < 4.78 is 7.02. The van der Waals surface area contributed by atoms with Gasteiger partial charge in [0.25, 0.3) is 5.91 Å². The largest absolute Gasteiger partial charge is 0.379 e. The number of nitrogens with one attached hydrogen (secondary N) is 1. The third kappa shape index (κ3) is 5.28. The number of tetrazole rings is 1. The highest BCUT2D eigenvalue weighted by molar-refractivity contribution is 6.30. The molecule has 0 spiro atoms. The Bertz CT molecular complexity index is 1050. The number of aryl methyl sites for hydroxylation is 1. The first kappa shape index (κ1) is 21.4. The summed E-state index contributed by atoms with van der Waals surface area (Å²) >= 11 is 6.04. The molecular weight excluding hydrogens is 416 g/mol. The second-order valence-electron chi connectivity index (χ2n) is 7.70. The summed E-state index contributed by atoms with van der Waals surface area (Å²) in [7, 11) is 0. The number of carbonyl (C=O) groups excluding carboxylic acids is 1. The first-order valence-corrected chi connectivity index (χ1v) is 10.6. The van der Waals surface area contributed by atoms with Crippen LogP contribution in [0.1, 0.15) is 23.1 Å². The summed E-state index contributed by atoms with van der Waals surface area (Å²) in [4.78, 5) is 15.4. The van der Waals surface area contributed by atoms with Gasteiger partial charge >= 0.3 is 0 Å². The molecule has 1 N–H and O–H groups in total. The molecule has 1 saturated heterocycles. The Morgan fingerprint density at radius 3 is 2.58 bits per heavy atom. The zero-order valence-corrected chi connectivity index (χ0v) is 18.3. The van der Waals surface area contributed by atoms with Crippen LogP contribution in [0.25, 0.3) is 16.8 Å². The number of amides is 1. The first-order chi connectivity index (χ1) is 15.0. The van der Waals surface area contributed by atoms with Crippen LogP contribution in [0.3, 0.4) is 0 Å². The number of hydrogen-bond acceptors (Lipinski definition) is 6. The highest BCUT2D eigenvalue weighted by Crippen LogP contribution is 2.26. The van der Waals surface area contributed by atoms with Gasteiger partial charge in [0.1, 0.15) is 0 Å². The fraction of sp³-hybridized carbons (Fsp3) is 0.364. The fourth-order valence-corrected chi connectivity index (χ4v) is 3.79. The molecule has 1 aliphatic heterocycles. The van der Waals surface area contributed by atoms with Crippen molar-refractivity contribution < 1.29 is 9.53 Å². The topological polar surface area (TPSA) is 85.2 Å². The van der Waals surface area contributed by atoms with Crippen molar-refractivity contribution in [3.63, 3.8) is 0 Å². The Kier molecular flexibility index (Phi) is 6.60. The zero-order chi connectivity index (χ0) is 21.8. The number of hydrogen-bond donors (Lipinski definition) is 1. The van der Waals surface area contributed by atoms with Gasteiger partial charge in [-0.1, -0.05) is 23.7 Å². The minimum absolute atomic E-state index is 0.00279. The van der Waals surface area contributed by atoms with Crippen LogP contribution in [-0.4, -0.2) is 69.9 Å². The summed E-state index contributed by atoms with van der Waals surface area (Å²) in [6.07, 6.45) is 0. The smallest absolute Gasteiger partial charge is 0.251 e. The summed E-state index contributed by atoms with van der Waals surface area (Å²) in [5, 5.41) is 15.5. The Labute approximate surface area is 186 Å². The molecule has 3 aromatic rings. The Hall–Kier alpha value is -2.81. The van der Waals surface area contributed by atoms with Crippen molar-refractivity contribution >= 4 is 17.5 Å². The van der Waals surface area contributed by atoms with E-state index in [9.17, 15) is 4.79 Å². The molecule has 8 nitrogen and oxygen atoms in total. The van der Waals surface area contributed by atoms with E-state index in [0.717, 1.165) is 49.7 Å². The van der Waals surface area contributed by atoms with Crippen LogP contribution in [0, 0.1) is 6.92 Å². The van der Waals surface area contributed by atoms with Crippen molar-refractivity contribution in [1.82, 2.24) is 30.4 Å². The van der Waals surface area contributed by atoms with Gasteiger partial charge in [0, 0.05) is 36.3 Å². The van der Waals surface area contributed by atoms with Crippen molar-refractivity contribution in [3.8, 4) is 16.8 Å². The number of benzene rings is 2. The normalized spacial score (nSPS) is 15.6. The maximum absolute atomic E-state index is 13.1.